The summed E-state index contributed by atoms with van der Waals surface area (Å²) >= 11 is 7.50. The van der Waals surface area contributed by atoms with Crippen molar-refractivity contribution in [3.05, 3.63) is 35.1 Å². The second-order valence-electron chi connectivity index (χ2n) is 5.86. The molecule has 1 heterocycles. The first kappa shape index (κ1) is 17.3. The Morgan fingerprint density at radius 2 is 2.12 bits per heavy atom. The lowest BCUT2D eigenvalue weighted by atomic mass is 9.88. The molecule has 1 saturated carbocycles. The largest absolute Gasteiger partial charge is 0.468 e. The van der Waals surface area contributed by atoms with Crippen molar-refractivity contribution in [2.24, 2.45) is 0 Å². The highest BCUT2D eigenvalue weighted by molar-refractivity contribution is 7.99. The minimum Gasteiger partial charge on any atom is -0.468 e. The number of esters is 1. The van der Waals surface area contributed by atoms with Gasteiger partial charge in [0.2, 0.25) is 0 Å². The highest BCUT2D eigenvalue weighted by atomic mass is 35.5. The molecule has 1 aliphatic rings. The first-order valence-electron chi connectivity index (χ1n) is 8.10. The van der Waals surface area contributed by atoms with E-state index in [4.69, 9.17) is 16.3 Å². The maximum absolute atomic E-state index is 11.5. The molecule has 0 unspecified atom stereocenters. The first-order chi connectivity index (χ1) is 11.7. The van der Waals surface area contributed by atoms with E-state index >= 15 is 0 Å². The Balaban J connectivity index is 1.96. The minimum absolute atomic E-state index is 0.208. The smallest absolute Gasteiger partial charge is 0.316 e. The lowest BCUT2D eigenvalue weighted by Crippen LogP contribution is -2.12. The molecule has 1 aromatic heterocycles. The van der Waals surface area contributed by atoms with Crippen molar-refractivity contribution in [3.8, 4) is 5.69 Å². The summed E-state index contributed by atoms with van der Waals surface area (Å²) in [6.45, 7) is 0. The molecule has 0 bridgehead atoms. The average Bonchev–Trinajstić information content (AvgIpc) is 3.04. The van der Waals surface area contributed by atoms with Crippen LogP contribution in [0.5, 0.6) is 0 Å². The Morgan fingerprint density at radius 1 is 1.33 bits per heavy atom. The molecule has 24 heavy (non-hydrogen) atoms. The number of thioether (sulfide) groups is 1. The average molecular weight is 366 g/mol. The second-order valence-corrected chi connectivity index (χ2v) is 7.23. The lowest BCUT2D eigenvalue weighted by Gasteiger charge is -2.22. The van der Waals surface area contributed by atoms with Crippen molar-refractivity contribution in [1.82, 2.24) is 14.8 Å². The van der Waals surface area contributed by atoms with Gasteiger partial charge in [0.1, 0.15) is 5.82 Å². The molecule has 0 radical (unpaired) electrons. The van der Waals surface area contributed by atoms with Gasteiger partial charge >= 0.3 is 5.97 Å². The van der Waals surface area contributed by atoms with E-state index in [0.29, 0.717) is 16.1 Å². The Kier molecular flexibility index (Phi) is 5.79. The van der Waals surface area contributed by atoms with Gasteiger partial charge in [0.15, 0.2) is 5.16 Å². The Labute approximate surface area is 150 Å². The molecule has 7 heteroatoms. The summed E-state index contributed by atoms with van der Waals surface area (Å²) in [6, 6.07) is 7.65. The van der Waals surface area contributed by atoms with Gasteiger partial charge in [0.25, 0.3) is 0 Å². The van der Waals surface area contributed by atoms with Crippen LogP contribution >= 0.6 is 23.4 Å². The molecule has 0 N–H and O–H groups in total. The molecule has 1 fully saturated rings. The van der Waals surface area contributed by atoms with Crippen LogP contribution < -0.4 is 0 Å². The molecule has 0 spiro atoms. The number of aromatic nitrogens is 3. The predicted octanol–water partition coefficient (Wildman–Crippen LogP) is 4.23. The molecule has 2 aromatic rings. The maximum Gasteiger partial charge on any atom is 0.316 e. The zero-order valence-corrected chi connectivity index (χ0v) is 15.1. The molecule has 1 aliphatic carbocycles. The third-order valence-electron chi connectivity index (χ3n) is 4.24. The first-order valence-corrected chi connectivity index (χ1v) is 9.46. The van der Waals surface area contributed by atoms with Gasteiger partial charge in [-0.2, -0.15) is 0 Å². The van der Waals surface area contributed by atoms with Crippen LogP contribution in [0, 0.1) is 0 Å². The standard InChI is InChI=1S/C17H20ClN3O2S/c1-23-15(22)11-24-17-20-19-16(12-6-3-2-4-7-12)21(17)14-9-5-8-13(18)10-14/h5,8-10,12H,2-4,6-7,11H2,1H3. The van der Waals surface area contributed by atoms with E-state index in [1.165, 1.54) is 38.1 Å². The van der Waals surface area contributed by atoms with E-state index in [0.717, 1.165) is 24.4 Å². The van der Waals surface area contributed by atoms with Crippen LogP contribution in [0.4, 0.5) is 0 Å². The van der Waals surface area contributed by atoms with Gasteiger partial charge < -0.3 is 4.74 Å². The highest BCUT2D eigenvalue weighted by Crippen LogP contribution is 2.35. The van der Waals surface area contributed by atoms with E-state index < -0.39 is 0 Å². The summed E-state index contributed by atoms with van der Waals surface area (Å²) < 4.78 is 6.76. The Hall–Kier alpha value is -1.53. The van der Waals surface area contributed by atoms with E-state index in [2.05, 4.69) is 10.2 Å². The van der Waals surface area contributed by atoms with Crippen LogP contribution in [0.1, 0.15) is 43.8 Å². The molecule has 3 rings (SSSR count). The lowest BCUT2D eigenvalue weighted by molar-refractivity contribution is -0.137. The summed E-state index contributed by atoms with van der Waals surface area (Å²) in [5.74, 6) is 1.29. The summed E-state index contributed by atoms with van der Waals surface area (Å²) in [5, 5.41) is 10.1. The van der Waals surface area contributed by atoms with Gasteiger partial charge in [-0.3, -0.25) is 9.36 Å². The molecule has 5 nitrogen and oxygen atoms in total. The normalized spacial score (nSPS) is 15.4. The number of hydrogen-bond acceptors (Lipinski definition) is 5. The molecular weight excluding hydrogens is 346 g/mol. The van der Waals surface area contributed by atoms with Crippen LogP contribution in [-0.2, 0) is 9.53 Å². The van der Waals surface area contributed by atoms with E-state index in [1.807, 2.05) is 28.8 Å². The van der Waals surface area contributed by atoms with Crippen molar-refractivity contribution in [1.29, 1.82) is 0 Å². The van der Waals surface area contributed by atoms with E-state index in [-0.39, 0.29) is 11.7 Å². The second kappa shape index (κ2) is 8.03. The number of methoxy groups -OCH3 is 1. The minimum atomic E-state index is -0.278. The zero-order valence-electron chi connectivity index (χ0n) is 13.6. The van der Waals surface area contributed by atoms with Crippen LogP contribution in [0.25, 0.3) is 5.69 Å². The van der Waals surface area contributed by atoms with Crippen LogP contribution in [0.15, 0.2) is 29.4 Å². The fourth-order valence-electron chi connectivity index (χ4n) is 3.04. The van der Waals surface area contributed by atoms with Gasteiger partial charge in [-0.05, 0) is 31.0 Å². The van der Waals surface area contributed by atoms with Crippen LogP contribution in [0.3, 0.4) is 0 Å². The van der Waals surface area contributed by atoms with Gasteiger partial charge in [-0.1, -0.05) is 48.7 Å². The highest BCUT2D eigenvalue weighted by Gasteiger charge is 2.24. The van der Waals surface area contributed by atoms with Gasteiger partial charge in [0.05, 0.1) is 18.6 Å². The summed E-state index contributed by atoms with van der Waals surface area (Å²) in [4.78, 5) is 11.5. The quantitative estimate of drug-likeness (QED) is 0.586. The summed E-state index contributed by atoms with van der Waals surface area (Å²) in [7, 11) is 1.39. The predicted molar refractivity (Wildman–Crippen MR) is 94.9 cm³/mol. The number of benzene rings is 1. The van der Waals surface area contributed by atoms with Crippen LogP contribution in [0.2, 0.25) is 5.02 Å². The van der Waals surface area contributed by atoms with Crippen molar-refractivity contribution < 1.29 is 9.53 Å². The molecule has 128 valence electrons. The van der Waals surface area contributed by atoms with E-state index in [1.54, 1.807) is 0 Å². The molecular formula is C17H20ClN3O2S. The van der Waals surface area contributed by atoms with Gasteiger partial charge in [0, 0.05) is 10.9 Å². The zero-order chi connectivity index (χ0) is 16.9. The number of hydrogen-bond donors (Lipinski definition) is 0. The SMILES string of the molecule is COC(=O)CSc1nnc(C2CCCCC2)n1-c1cccc(Cl)c1. The third kappa shape index (κ3) is 3.92. The maximum atomic E-state index is 11.5. The van der Waals surface area contributed by atoms with Crippen LogP contribution in [-0.4, -0.2) is 33.6 Å². The van der Waals surface area contributed by atoms with Gasteiger partial charge in [-0.25, -0.2) is 0 Å². The van der Waals surface area contributed by atoms with Crippen molar-refractivity contribution in [2.75, 3.05) is 12.9 Å². The van der Waals surface area contributed by atoms with Gasteiger partial charge in [-0.15, -0.1) is 10.2 Å². The third-order valence-corrected chi connectivity index (χ3v) is 5.38. The molecule has 0 atom stereocenters. The molecule has 1 aromatic carbocycles. The Morgan fingerprint density at radius 3 is 2.83 bits per heavy atom. The topological polar surface area (TPSA) is 57.0 Å². The molecule has 0 amide bonds. The summed E-state index contributed by atoms with van der Waals surface area (Å²) in [5.41, 5.74) is 0.931. The van der Waals surface area contributed by atoms with Crippen molar-refractivity contribution in [2.45, 2.75) is 43.2 Å². The fourth-order valence-corrected chi connectivity index (χ4v) is 4.02. The number of carbonyl (C=O) groups is 1. The fraction of sp³-hybridized carbons (Fsp3) is 0.471. The van der Waals surface area contributed by atoms with E-state index in [9.17, 15) is 4.79 Å². The number of nitrogens with zero attached hydrogens (tertiary/aromatic N) is 3. The van der Waals surface area contributed by atoms with Crippen molar-refractivity contribution in [3.63, 3.8) is 0 Å². The monoisotopic (exact) mass is 365 g/mol. The number of rotatable bonds is 5. The Bertz CT molecular complexity index is 714. The molecule has 0 saturated heterocycles. The molecule has 0 aliphatic heterocycles. The number of halogens is 1. The van der Waals surface area contributed by atoms with Crippen molar-refractivity contribution >= 4 is 29.3 Å². The number of carbonyl (C=O) groups excluding carboxylic acids is 1. The number of ether oxygens (including phenoxy) is 1. The summed E-state index contributed by atoms with van der Waals surface area (Å²) in [6.07, 6.45) is 5.97.